The number of hydrogen-bond acceptors (Lipinski definition) is 6. The maximum absolute atomic E-state index is 12.3. The number of methoxy groups -OCH3 is 1. The SMILES string of the molecule is COc1ccc(C(=O)NCc2nnc(SCC(=O)Nc3cccc(C)c3C)n2C)cc1. The van der Waals surface area contributed by atoms with Crippen LogP contribution in [0.5, 0.6) is 5.75 Å². The highest BCUT2D eigenvalue weighted by Crippen LogP contribution is 2.20. The molecule has 0 aliphatic rings. The Morgan fingerprint density at radius 1 is 1.10 bits per heavy atom. The van der Waals surface area contributed by atoms with Crippen LogP contribution in [0.4, 0.5) is 5.69 Å². The number of hydrogen-bond donors (Lipinski definition) is 2. The van der Waals surface area contributed by atoms with Crippen molar-refractivity contribution in [2.45, 2.75) is 25.5 Å². The van der Waals surface area contributed by atoms with E-state index in [1.165, 1.54) is 11.8 Å². The van der Waals surface area contributed by atoms with E-state index in [0.29, 0.717) is 22.3 Å². The second kappa shape index (κ2) is 10.1. The summed E-state index contributed by atoms with van der Waals surface area (Å²) in [6.45, 7) is 4.21. The molecule has 1 aromatic heterocycles. The number of carbonyl (C=O) groups excluding carboxylic acids is 2. The smallest absolute Gasteiger partial charge is 0.251 e. The fraction of sp³-hybridized carbons (Fsp3) is 0.273. The van der Waals surface area contributed by atoms with Crippen molar-refractivity contribution in [1.82, 2.24) is 20.1 Å². The highest BCUT2D eigenvalue weighted by molar-refractivity contribution is 7.99. The Morgan fingerprint density at radius 3 is 2.55 bits per heavy atom. The zero-order valence-corrected chi connectivity index (χ0v) is 18.7. The predicted octanol–water partition coefficient (Wildman–Crippen LogP) is 3.10. The van der Waals surface area contributed by atoms with Gasteiger partial charge in [-0.2, -0.15) is 0 Å². The molecule has 8 nitrogen and oxygen atoms in total. The number of aromatic nitrogens is 3. The Labute approximate surface area is 185 Å². The maximum atomic E-state index is 12.3. The van der Waals surface area contributed by atoms with E-state index < -0.39 is 0 Å². The summed E-state index contributed by atoms with van der Waals surface area (Å²) in [5, 5.41) is 14.6. The minimum absolute atomic E-state index is 0.115. The molecule has 0 fully saturated rings. The van der Waals surface area contributed by atoms with Crippen molar-refractivity contribution in [3.05, 3.63) is 65.0 Å². The maximum Gasteiger partial charge on any atom is 0.251 e. The van der Waals surface area contributed by atoms with E-state index in [4.69, 9.17) is 4.74 Å². The van der Waals surface area contributed by atoms with Crippen molar-refractivity contribution in [2.75, 3.05) is 18.2 Å². The molecular weight excluding hydrogens is 414 g/mol. The zero-order chi connectivity index (χ0) is 22.4. The van der Waals surface area contributed by atoms with Crippen molar-refractivity contribution < 1.29 is 14.3 Å². The summed E-state index contributed by atoms with van der Waals surface area (Å²) >= 11 is 1.29. The number of carbonyl (C=O) groups is 2. The zero-order valence-electron chi connectivity index (χ0n) is 17.9. The largest absolute Gasteiger partial charge is 0.497 e. The Bertz CT molecular complexity index is 1080. The van der Waals surface area contributed by atoms with Gasteiger partial charge >= 0.3 is 0 Å². The highest BCUT2D eigenvalue weighted by atomic mass is 32.2. The van der Waals surface area contributed by atoms with E-state index in [-0.39, 0.29) is 24.1 Å². The van der Waals surface area contributed by atoms with Crippen LogP contribution in [0.2, 0.25) is 0 Å². The van der Waals surface area contributed by atoms with Crippen LogP contribution in [0.3, 0.4) is 0 Å². The molecule has 2 amide bonds. The van der Waals surface area contributed by atoms with Crippen LogP contribution in [0, 0.1) is 13.8 Å². The molecule has 0 aliphatic heterocycles. The lowest BCUT2D eigenvalue weighted by molar-refractivity contribution is -0.113. The first-order valence-electron chi connectivity index (χ1n) is 9.68. The van der Waals surface area contributed by atoms with E-state index >= 15 is 0 Å². The molecule has 9 heteroatoms. The van der Waals surface area contributed by atoms with Crippen molar-refractivity contribution in [3.63, 3.8) is 0 Å². The Kier molecular flexibility index (Phi) is 7.30. The number of nitrogens with zero attached hydrogens (tertiary/aromatic N) is 3. The van der Waals surface area contributed by atoms with Crippen molar-refractivity contribution in [3.8, 4) is 5.75 Å². The van der Waals surface area contributed by atoms with E-state index in [9.17, 15) is 9.59 Å². The molecule has 0 aliphatic carbocycles. The molecule has 3 aromatic rings. The average Bonchev–Trinajstić information content (AvgIpc) is 3.13. The van der Waals surface area contributed by atoms with Gasteiger partial charge in [-0.1, -0.05) is 23.9 Å². The predicted molar refractivity (Wildman–Crippen MR) is 120 cm³/mol. The van der Waals surface area contributed by atoms with Crippen LogP contribution in [-0.2, 0) is 18.4 Å². The number of nitrogens with one attached hydrogen (secondary N) is 2. The van der Waals surface area contributed by atoms with Gasteiger partial charge in [-0.05, 0) is 55.3 Å². The van der Waals surface area contributed by atoms with E-state index in [1.807, 2.05) is 32.0 Å². The first-order chi connectivity index (χ1) is 14.9. The third-order valence-electron chi connectivity index (χ3n) is 4.90. The third-order valence-corrected chi connectivity index (χ3v) is 5.92. The molecule has 2 aromatic carbocycles. The van der Waals surface area contributed by atoms with Gasteiger partial charge in [-0.3, -0.25) is 9.59 Å². The van der Waals surface area contributed by atoms with Crippen LogP contribution in [0.15, 0.2) is 47.6 Å². The Morgan fingerprint density at radius 2 is 1.84 bits per heavy atom. The Balaban J connectivity index is 1.53. The number of ether oxygens (including phenoxy) is 1. The summed E-state index contributed by atoms with van der Waals surface area (Å²) in [5.41, 5.74) is 3.51. The first kappa shape index (κ1) is 22.4. The fourth-order valence-electron chi connectivity index (χ4n) is 2.83. The minimum atomic E-state index is -0.215. The Hall–Kier alpha value is -3.33. The van der Waals surface area contributed by atoms with Gasteiger partial charge in [0.25, 0.3) is 5.91 Å². The molecule has 0 spiro atoms. The minimum Gasteiger partial charge on any atom is -0.497 e. The van der Waals surface area contributed by atoms with Gasteiger partial charge in [0, 0.05) is 18.3 Å². The van der Waals surface area contributed by atoms with Gasteiger partial charge in [0.2, 0.25) is 5.91 Å². The van der Waals surface area contributed by atoms with Gasteiger partial charge in [0.05, 0.1) is 19.4 Å². The third kappa shape index (κ3) is 5.64. The lowest BCUT2D eigenvalue weighted by Gasteiger charge is -2.10. The van der Waals surface area contributed by atoms with Gasteiger partial charge in [0.1, 0.15) is 5.75 Å². The molecule has 0 radical (unpaired) electrons. The van der Waals surface area contributed by atoms with Crippen molar-refractivity contribution >= 4 is 29.3 Å². The van der Waals surface area contributed by atoms with Crippen molar-refractivity contribution in [1.29, 1.82) is 0 Å². The number of anilines is 1. The monoisotopic (exact) mass is 439 g/mol. The summed E-state index contributed by atoms with van der Waals surface area (Å²) in [7, 11) is 3.38. The van der Waals surface area contributed by atoms with Crippen LogP contribution >= 0.6 is 11.8 Å². The number of thioether (sulfide) groups is 1. The summed E-state index contributed by atoms with van der Waals surface area (Å²) < 4.78 is 6.86. The molecule has 162 valence electrons. The standard InChI is InChI=1S/C22H25N5O3S/c1-14-6-5-7-18(15(14)2)24-20(28)13-31-22-26-25-19(27(22)3)12-23-21(29)16-8-10-17(30-4)11-9-16/h5-11H,12-13H2,1-4H3,(H,23,29)(H,24,28). The van der Waals surface area contributed by atoms with Gasteiger partial charge in [-0.25, -0.2) is 0 Å². The number of aryl methyl sites for hydroxylation is 1. The number of rotatable bonds is 8. The second-order valence-electron chi connectivity index (χ2n) is 6.95. The van der Waals surface area contributed by atoms with E-state index in [2.05, 4.69) is 20.8 Å². The summed E-state index contributed by atoms with van der Waals surface area (Å²) in [4.78, 5) is 24.6. The molecule has 0 atom stereocenters. The topological polar surface area (TPSA) is 98.1 Å². The molecule has 0 unspecified atom stereocenters. The molecule has 0 saturated carbocycles. The summed E-state index contributed by atoms with van der Waals surface area (Å²) in [6.07, 6.45) is 0. The lowest BCUT2D eigenvalue weighted by Crippen LogP contribution is -2.24. The van der Waals surface area contributed by atoms with Gasteiger partial charge in [0.15, 0.2) is 11.0 Å². The van der Waals surface area contributed by atoms with Crippen LogP contribution in [0.1, 0.15) is 27.3 Å². The summed E-state index contributed by atoms with van der Waals surface area (Å²) in [5.74, 6) is 1.16. The second-order valence-corrected chi connectivity index (χ2v) is 7.90. The molecule has 0 saturated heterocycles. The van der Waals surface area contributed by atoms with E-state index in [1.54, 1.807) is 43.0 Å². The average molecular weight is 440 g/mol. The molecule has 0 bridgehead atoms. The number of amides is 2. The van der Waals surface area contributed by atoms with Crippen molar-refractivity contribution in [2.24, 2.45) is 7.05 Å². The molecule has 3 rings (SSSR count). The van der Waals surface area contributed by atoms with Crippen LogP contribution in [-0.4, -0.2) is 39.4 Å². The fourth-order valence-corrected chi connectivity index (χ4v) is 3.56. The molecular formula is C22H25N5O3S. The first-order valence-corrected chi connectivity index (χ1v) is 10.7. The lowest BCUT2D eigenvalue weighted by atomic mass is 10.1. The van der Waals surface area contributed by atoms with Gasteiger partial charge < -0.3 is 19.9 Å². The normalized spacial score (nSPS) is 10.6. The van der Waals surface area contributed by atoms with Gasteiger partial charge in [-0.15, -0.1) is 10.2 Å². The quantitative estimate of drug-likeness (QED) is 0.524. The summed E-state index contributed by atoms with van der Waals surface area (Å²) in [6, 6.07) is 12.7. The number of benzene rings is 2. The van der Waals surface area contributed by atoms with Crippen LogP contribution in [0.25, 0.3) is 0 Å². The molecule has 2 N–H and O–H groups in total. The highest BCUT2D eigenvalue weighted by Gasteiger charge is 2.14. The van der Waals surface area contributed by atoms with Crippen LogP contribution < -0.4 is 15.4 Å². The molecule has 31 heavy (non-hydrogen) atoms. The van der Waals surface area contributed by atoms with E-state index in [0.717, 1.165) is 16.8 Å². The molecule has 1 heterocycles.